The number of methoxy groups -OCH3 is 1. The van der Waals surface area contributed by atoms with Crippen LogP contribution >= 0.6 is 23.2 Å². The Morgan fingerprint density at radius 3 is 2.19 bits per heavy atom. The number of rotatable bonds is 5. The first-order valence-electron chi connectivity index (χ1n) is 14.6. The SMILES string of the molecule is COc1cccc(O)c1[C@H]1C2=CC[C@@H]3C(=O)N(c4ccc([N+](=O)[O-])cc4)C(=O)[C@@H]3[C@@H]2C[C@@]2(Cl)C(=O)N(c3ccc(F)cc3)C(=O)[C@@]12Cl. The van der Waals surface area contributed by atoms with E-state index in [-0.39, 0.29) is 47.0 Å². The van der Waals surface area contributed by atoms with Gasteiger partial charge in [-0.05, 0) is 67.3 Å². The molecular weight excluding hydrogens is 656 g/mol. The van der Waals surface area contributed by atoms with E-state index in [2.05, 4.69) is 0 Å². The number of ether oxygens (including phenoxy) is 1. The maximum Gasteiger partial charge on any atom is 0.269 e. The van der Waals surface area contributed by atoms with Crippen LogP contribution < -0.4 is 14.5 Å². The van der Waals surface area contributed by atoms with Crippen molar-refractivity contribution in [2.75, 3.05) is 16.9 Å². The van der Waals surface area contributed by atoms with Crippen molar-refractivity contribution in [2.24, 2.45) is 17.8 Å². The van der Waals surface area contributed by atoms with Crippen LogP contribution in [-0.2, 0) is 19.2 Å². The molecule has 1 saturated carbocycles. The standard InChI is InChI=1S/C33H24Cl2FN3O8/c1-47-24-4-2-3-23(40)26(24)27-20-13-14-21-25(29(42)37(28(21)41)17-9-11-19(12-10-17)39(45)46)22(20)15-32(34)30(43)38(31(44)33(27,32)35)18-7-5-16(36)6-8-18/h2-13,21-22,25,27,40H,14-15H2,1H3/t21-,22+,25-,27+,32+,33-/m0/s1. The summed E-state index contributed by atoms with van der Waals surface area (Å²) < 4.78 is 19.4. The minimum Gasteiger partial charge on any atom is -0.508 e. The van der Waals surface area contributed by atoms with Crippen LogP contribution in [0.3, 0.4) is 0 Å². The molecule has 2 aliphatic heterocycles. The lowest BCUT2D eigenvalue weighted by molar-refractivity contribution is -0.384. The molecule has 11 nitrogen and oxygen atoms in total. The minimum atomic E-state index is -2.26. The third-order valence-corrected chi connectivity index (χ3v) is 11.2. The first kappa shape index (κ1) is 30.8. The Bertz CT molecular complexity index is 1940. The van der Waals surface area contributed by atoms with Crippen LogP contribution in [0, 0.1) is 33.7 Å². The van der Waals surface area contributed by atoms with Gasteiger partial charge in [0.1, 0.15) is 17.3 Å². The number of hydrogen-bond donors (Lipinski definition) is 1. The molecule has 2 aliphatic carbocycles. The summed E-state index contributed by atoms with van der Waals surface area (Å²) in [6.45, 7) is 0. The second-order valence-corrected chi connectivity index (χ2v) is 13.2. The number of nitro groups is 1. The third-order valence-electron chi connectivity index (χ3n) is 9.77. The molecule has 47 heavy (non-hydrogen) atoms. The number of anilines is 2. The van der Waals surface area contributed by atoms with Crippen molar-refractivity contribution < 1.29 is 38.3 Å². The van der Waals surface area contributed by atoms with E-state index in [0.29, 0.717) is 5.57 Å². The highest BCUT2D eigenvalue weighted by atomic mass is 35.5. The number of non-ortho nitro benzene ring substituents is 1. The van der Waals surface area contributed by atoms with Crippen molar-refractivity contribution in [3.05, 3.63) is 99.9 Å². The lowest BCUT2D eigenvalue weighted by atomic mass is 9.56. The fraction of sp³-hybridized carbons (Fsp3) is 0.273. The van der Waals surface area contributed by atoms with Gasteiger partial charge in [-0.2, -0.15) is 0 Å². The van der Waals surface area contributed by atoms with E-state index in [9.17, 15) is 38.8 Å². The van der Waals surface area contributed by atoms with Gasteiger partial charge in [-0.1, -0.05) is 17.7 Å². The third kappa shape index (κ3) is 4.10. The van der Waals surface area contributed by atoms with Crippen LogP contribution in [0.15, 0.2) is 78.4 Å². The number of benzene rings is 3. The molecule has 3 fully saturated rings. The average molecular weight is 680 g/mol. The van der Waals surface area contributed by atoms with E-state index < -0.39 is 67.8 Å². The van der Waals surface area contributed by atoms with E-state index in [1.54, 1.807) is 12.1 Å². The number of carbonyl (C=O) groups is 4. The van der Waals surface area contributed by atoms with Crippen LogP contribution in [0.1, 0.15) is 24.3 Å². The summed E-state index contributed by atoms with van der Waals surface area (Å²) in [5.41, 5.74) is 0.420. The Morgan fingerprint density at radius 1 is 0.915 bits per heavy atom. The summed E-state index contributed by atoms with van der Waals surface area (Å²) in [4.78, 5) is 64.6. The fourth-order valence-electron chi connectivity index (χ4n) is 7.69. The van der Waals surface area contributed by atoms with Crippen molar-refractivity contribution in [3.63, 3.8) is 0 Å². The van der Waals surface area contributed by atoms with Gasteiger partial charge >= 0.3 is 0 Å². The van der Waals surface area contributed by atoms with Gasteiger partial charge < -0.3 is 9.84 Å². The molecule has 4 aliphatic rings. The molecule has 240 valence electrons. The van der Waals surface area contributed by atoms with E-state index in [0.717, 1.165) is 21.9 Å². The number of halogens is 3. The number of aromatic hydroxyl groups is 1. The zero-order valence-corrected chi connectivity index (χ0v) is 25.9. The minimum absolute atomic E-state index is 0.0187. The van der Waals surface area contributed by atoms with Crippen LogP contribution in [0.4, 0.5) is 21.5 Å². The second kappa shape index (κ2) is 10.6. The lowest BCUT2D eigenvalue weighted by Gasteiger charge is -2.50. The number of phenolic OH excluding ortho intramolecular Hbond substituents is 1. The molecule has 6 atom stereocenters. The highest BCUT2D eigenvalue weighted by molar-refractivity contribution is 6.58. The number of imide groups is 2. The van der Waals surface area contributed by atoms with Crippen molar-refractivity contribution in [2.45, 2.75) is 28.5 Å². The van der Waals surface area contributed by atoms with E-state index in [1.807, 2.05) is 0 Å². The Morgan fingerprint density at radius 2 is 1.55 bits per heavy atom. The summed E-state index contributed by atoms with van der Waals surface area (Å²) in [6.07, 6.45) is 1.43. The lowest BCUT2D eigenvalue weighted by Crippen LogP contribution is -2.60. The predicted octanol–water partition coefficient (Wildman–Crippen LogP) is 5.22. The van der Waals surface area contributed by atoms with E-state index in [4.69, 9.17) is 27.9 Å². The molecule has 7 rings (SSSR count). The molecule has 4 amide bonds. The Kier molecular flexibility index (Phi) is 6.96. The van der Waals surface area contributed by atoms with Gasteiger partial charge in [-0.3, -0.25) is 34.2 Å². The molecule has 0 unspecified atom stereocenters. The molecule has 0 spiro atoms. The molecule has 3 aromatic rings. The van der Waals surface area contributed by atoms with E-state index in [1.165, 1.54) is 55.6 Å². The highest BCUT2D eigenvalue weighted by Crippen LogP contribution is 2.67. The summed E-state index contributed by atoms with van der Waals surface area (Å²) in [7, 11) is 1.35. The molecule has 2 saturated heterocycles. The second-order valence-electron chi connectivity index (χ2n) is 11.9. The molecule has 14 heteroatoms. The van der Waals surface area contributed by atoms with Gasteiger partial charge in [-0.25, -0.2) is 9.29 Å². The zero-order chi connectivity index (χ0) is 33.6. The quantitative estimate of drug-likeness (QED) is 0.127. The fourth-order valence-corrected chi connectivity index (χ4v) is 8.61. The number of carbonyl (C=O) groups excluding carboxylic acids is 4. The zero-order valence-electron chi connectivity index (χ0n) is 24.4. The Balaban J connectivity index is 1.40. The first-order chi connectivity index (χ1) is 22.3. The van der Waals surface area contributed by atoms with Gasteiger partial charge in [0.2, 0.25) is 11.8 Å². The predicted molar refractivity (Wildman–Crippen MR) is 167 cm³/mol. The number of amides is 4. The Hall–Kier alpha value is -4.81. The number of nitro benzene ring substituents is 1. The maximum absolute atomic E-state index is 14.5. The number of nitrogens with zero attached hydrogens (tertiary/aromatic N) is 3. The van der Waals surface area contributed by atoms with Gasteiger partial charge in [0.05, 0.1) is 35.2 Å². The van der Waals surface area contributed by atoms with Crippen LogP contribution in [-0.4, -0.2) is 50.5 Å². The largest absolute Gasteiger partial charge is 0.508 e. The van der Waals surface area contributed by atoms with Gasteiger partial charge in [0.15, 0.2) is 9.75 Å². The summed E-state index contributed by atoms with van der Waals surface area (Å²) >= 11 is 14.7. The molecular formula is C33H24Cl2FN3O8. The Labute approximate surface area is 276 Å². The monoisotopic (exact) mass is 679 g/mol. The number of phenols is 1. The smallest absolute Gasteiger partial charge is 0.269 e. The van der Waals surface area contributed by atoms with Crippen molar-refractivity contribution in [1.82, 2.24) is 0 Å². The highest BCUT2D eigenvalue weighted by Gasteiger charge is 2.77. The molecule has 3 aromatic carbocycles. The number of fused-ring (bicyclic) bond motifs is 4. The average Bonchev–Trinajstić information content (AvgIpc) is 3.39. The van der Waals surface area contributed by atoms with Crippen molar-refractivity contribution in [1.29, 1.82) is 0 Å². The van der Waals surface area contributed by atoms with Crippen LogP contribution in [0.25, 0.3) is 0 Å². The molecule has 0 bridgehead atoms. The summed E-state index contributed by atoms with van der Waals surface area (Å²) in [5.74, 6) is -7.87. The maximum atomic E-state index is 14.5. The van der Waals surface area contributed by atoms with Crippen molar-refractivity contribution >= 4 is 63.9 Å². The summed E-state index contributed by atoms with van der Waals surface area (Å²) in [6, 6.07) is 14.0. The molecule has 2 heterocycles. The normalized spacial score (nSPS) is 29.7. The van der Waals surface area contributed by atoms with Gasteiger partial charge in [-0.15, -0.1) is 23.2 Å². The number of allylic oxidation sites excluding steroid dienone is 2. The van der Waals surface area contributed by atoms with Crippen molar-refractivity contribution in [3.8, 4) is 11.5 Å². The molecule has 0 radical (unpaired) electrons. The molecule has 0 aromatic heterocycles. The van der Waals surface area contributed by atoms with Gasteiger partial charge in [0, 0.05) is 23.6 Å². The number of alkyl halides is 2. The van der Waals surface area contributed by atoms with E-state index >= 15 is 0 Å². The van der Waals surface area contributed by atoms with Crippen LogP contribution in [0.2, 0.25) is 0 Å². The topological polar surface area (TPSA) is 147 Å². The first-order valence-corrected chi connectivity index (χ1v) is 15.3. The summed E-state index contributed by atoms with van der Waals surface area (Å²) in [5, 5.41) is 22.4. The molecule has 1 N–H and O–H groups in total. The van der Waals surface area contributed by atoms with Crippen LogP contribution in [0.5, 0.6) is 11.5 Å². The number of hydrogen-bond acceptors (Lipinski definition) is 8. The van der Waals surface area contributed by atoms with Gasteiger partial charge in [0.25, 0.3) is 17.5 Å².